The zero-order valence-corrected chi connectivity index (χ0v) is 15.2. The van der Waals surface area contributed by atoms with Crippen LogP contribution in [-0.2, 0) is 4.74 Å². The highest BCUT2D eigenvalue weighted by atomic mass is 16.5. The molecule has 3 aromatic rings. The van der Waals surface area contributed by atoms with Crippen LogP contribution < -0.4 is 9.47 Å². The zero-order chi connectivity index (χ0) is 20.4. The fourth-order valence-electron chi connectivity index (χ4n) is 2.77. The Bertz CT molecular complexity index is 1120. The predicted octanol–water partition coefficient (Wildman–Crippen LogP) is 3.90. The SMILES string of the molecule is COC(=O)c1ccc(C=C2Oc3cc(OC(=O)c4ccco4)ccc3C2=O)cc1. The summed E-state index contributed by atoms with van der Waals surface area (Å²) in [6, 6.07) is 14.1. The number of Topliss-reactive ketones (excluding diaryl/α,β-unsaturated/α-hetero) is 1. The van der Waals surface area contributed by atoms with Crippen molar-refractivity contribution in [2.75, 3.05) is 7.11 Å². The number of ether oxygens (including phenoxy) is 3. The van der Waals surface area contributed by atoms with Gasteiger partial charge in [-0.15, -0.1) is 0 Å². The van der Waals surface area contributed by atoms with Crippen LogP contribution in [0.2, 0.25) is 0 Å². The van der Waals surface area contributed by atoms with Gasteiger partial charge in [-0.2, -0.15) is 0 Å². The summed E-state index contributed by atoms with van der Waals surface area (Å²) in [5, 5.41) is 0. The molecule has 1 aliphatic rings. The van der Waals surface area contributed by atoms with Crippen molar-refractivity contribution >= 4 is 23.8 Å². The average molecular weight is 390 g/mol. The fraction of sp³-hybridized carbons (Fsp3) is 0.0455. The molecule has 1 aliphatic heterocycles. The summed E-state index contributed by atoms with van der Waals surface area (Å²) in [6.45, 7) is 0. The van der Waals surface area contributed by atoms with Crippen LogP contribution in [0.5, 0.6) is 11.5 Å². The van der Waals surface area contributed by atoms with E-state index in [1.54, 1.807) is 36.4 Å². The van der Waals surface area contributed by atoms with Crippen LogP contribution in [0.4, 0.5) is 0 Å². The summed E-state index contributed by atoms with van der Waals surface area (Å²) in [4.78, 5) is 36.0. The minimum Gasteiger partial charge on any atom is -0.465 e. The van der Waals surface area contributed by atoms with Crippen molar-refractivity contribution in [1.82, 2.24) is 0 Å². The van der Waals surface area contributed by atoms with Crippen molar-refractivity contribution in [2.24, 2.45) is 0 Å². The monoisotopic (exact) mass is 390 g/mol. The van der Waals surface area contributed by atoms with Crippen molar-refractivity contribution < 1.29 is 33.0 Å². The Morgan fingerprint density at radius 2 is 1.79 bits per heavy atom. The topological polar surface area (TPSA) is 92.0 Å². The molecule has 0 unspecified atom stereocenters. The van der Waals surface area contributed by atoms with Gasteiger partial charge in [-0.05, 0) is 48.0 Å². The Morgan fingerprint density at radius 1 is 1.00 bits per heavy atom. The van der Waals surface area contributed by atoms with Gasteiger partial charge in [-0.3, -0.25) is 4.79 Å². The third kappa shape index (κ3) is 3.66. The van der Waals surface area contributed by atoms with Gasteiger partial charge in [-0.1, -0.05) is 12.1 Å². The molecule has 0 bridgehead atoms. The predicted molar refractivity (Wildman–Crippen MR) is 101 cm³/mol. The smallest absolute Gasteiger partial charge is 0.379 e. The number of fused-ring (bicyclic) bond motifs is 1. The van der Waals surface area contributed by atoms with Crippen molar-refractivity contribution in [3.63, 3.8) is 0 Å². The number of rotatable bonds is 4. The van der Waals surface area contributed by atoms with Gasteiger partial charge < -0.3 is 18.6 Å². The van der Waals surface area contributed by atoms with Gasteiger partial charge in [0.15, 0.2) is 5.76 Å². The highest BCUT2D eigenvalue weighted by molar-refractivity contribution is 6.14. The van der Waals surface area contributed by atoms with E-state index < -0.39 is 11.9 Å². The Hall–Kier alpha value is -4.13. The minimum atomic E-state index is -0.652. The maximum absolute atomic E-state index is 12.6. The van der Waals surface area contributed by atoms with Gasteiger partial charge in [0.1, 0.15) is 11.5 Å². The first-order valence-electron chi connectivity index (χ1n) is 8.57. The van der Waals surface area contributed by atoms with E-state index in [9.17, 15) is 14.4 Å². The molecule has 4 rings (SSSR count). The number of hydrogen-bond acceptors (Lipinski definition) is 7. The van der Waals surface area contributed by atoms with E-state index in [-0.39, 0.29) is 28.8 Å². The Morgan fingerprint density at radius 3 is 2.48 bits per heavy atom. The van der Waals surface area contributed by atoms with Crippen LogP contribution in [-0.4, -0.2) is 24.8 Å². The van der Waals surface area contributed by atoms with Gasteiger partial charge in [0.25, 0.3) is 0 Å². The minimum absolute atomic E-state index is 0.0680. The first kappa shape index (κ1) is 18.2. The molecule has 2 aromatic carbocycles. The average Bonchev–Trinajstić information content (AvgIpc) is 3.37. The van der Waals surface area contributed by atoms with E-state index in [1.807, 2.05) is 0 Å². The quantitative estimate of drug-likeness (QED) is 0.379. The Kier molecular flexibility index (Phi) is 4.70. The van der Waals surface area contributed by atoms with Crippen LogP contribution in [0.1, 0.15) is 36.8 Å². The Labute approximate surface area is 165 Å². The number of furan rings is 1. The molecule has 0 aliphatic carbocycles. The molecule has 0 spiro atoms. The van der Waals surface area contributed by atoms with Crippen LogP contribution in [0.3, 0.4) is 0 Å². The van der Waals surface area contributed by atoms with Gasteiger partial charge in [0.05, 0.1) is 24.5 Å². The number of carbonyl (C=O) groups excluding carboxylic acids is 3. The lowest BCUT2D eigenvalue weighted by Crippen LogP contribution is -2.07. The molecule has 7 heteroatoms. The van der Waals surface area contributed by atoms with Crippen molar-refractivity contribution in [1.29, 1.82) is 0 Å². The van der Waals surface area contributed by atoms with Crippen molar-refractivity contribution in [3.05, 3.63) is 89.1 Å². The van der Waals surface area contributed by atoms with Crippen molar-refractivity contribution in [3.8, 4) is 11.5 Å². The molecule has 0 N–H and O–H groups in total. The van der Waals surface area contributed by atoms with Crippen LogP contribution >= 0.6 is 0 Å². The standard InChI is InChI=1S/C22H14O7/c1-26-21(24)14-6-4-13(5-7-14)11-19-20(23)16-9-8-15(12-18(16)29-19)28-22(25)17-3-2-10-27-17/h2-12H,1H3. The molecule has 0 atom stereocenters. The summed E-state index contributed by atoms with van der Waals surface area (Å²) in [5.74, 6) is -0.680. The summed E-state index contributed by atoms with van der Waals surface area (Å²) < 4.78 is 20.5. The lowest BCUT2D eigenvalue weighted by atomic mass is 10.1. The second-order valence-corrected chi connectivity index (χ2v) is 6.08. The fourth-order valence-corrected chi connectivity index (χ4v) is 2.77. The number of carbonyl (C=O) groups is 3. The van der Waals surface area contributed by atoms with Crippen LogP contribution in [0.15, 0.2) is 71.0 Å². The van der Waals surface area contributed by atoms with E-state index in [0.717, 1.165) is 0 Å². The largest absolute Gasteiger partial charge is 0.465 e. The number of benzene rings is 2. The van der Waals surface area contributed by atoms with E-state index in [1.165, 1.54) is 37.6 Å². The molecule has 0 saturated carbocycles. The van der Waals surface area contributed by atoms with Gasteiger partial charge in [0, 0.05) is 6.07 Å². The Balaban J connectivity index is 1.52. The molecular formula is C22H14O7. The number of methoxy groups -OCH3 is 1. The normalized spacial score (nSPS) is 13.7. The van der Waals surface area contributed by atoms with Gasteiger partial charge in [-0.25, -0.2) is 9.59 Å². The van der Waals surface area contributed by atoms with E-state index in [2.05, 4.69) is 4.74 Å². The first-order valence-corrected chi connectivity index (χ1v) is 8.57. The summed E-state index contributed by atoms with van der Waals surface area (Å²) in [5.41, 5.74) is 1.44. The zero-order valence-electron chi connectivity index (χ0n) is 15.2. The maximum atomic E-state index is 12.6. The highest BCUT2D eigenvalue weighted by Crippen LogP contribution is 2.35. The second kappa shape index (κ2) is 7.47. The lowest BCUT2D eigenvalue weighted by molar-refractivity contribution is 0.0600. The number of esters is 2. The second-order valence-electron chi connectivity index (χ2n) is 6.08. The molecule has 29 heavy (non-hydrogen) atoms. The van der Waals surface area contributed by atoms with Crippen molar-refractivity contribution in [2.45, 2.75) is 0 Å². The van der Waals surface area contributed by atoms with E-state index in [4.69, 9.17) is 13.9 Å². The van der Waals surface area contributed by atoms with Gasteiger partial charge in [0.2, 0.25) is 11.5 Å². The number of hydrogen-bond donors (Lipinski definition) is 0. The summed E-state index contributed by atoms with van der Waals surface area (Å²) >= 11 is 0. The third-order valence-corrected chi connectivity index (χ3v) is 4.20. The van der Waals surface area contributed by atoms with Gasteiger partial charge >= 0.3 is 11.9 Å². The molecule has 0 amide bonds. The molecule has 1 aromatic heterocycles. The molecular weight excluding hydrogens is 376 g/mol. The maximum Gasteiger partial charge on any atom is 0.379 e. The summed E-state index contributed by atoms with van der Waals surface area (Å²) in [6.07, 6.45) is 2.94. The van der Waals surface area contributed by atoms with Crippen LogP contribution in [0.25, 0.3) is 6.08 Å². The van der Waals surface area contributed by atoms with Crippen LogP contribution in [0, 0.1) is 0 Å². The molecule has 0 radical (unpaired) electrons. The molecule has 2 heterocycles. The summed E-state index contributed by atoms with van der Waals surface area (Å²) in [7, 11) is 1.31. The molecule has 0 fully saturated rings. The molecule has 7 nitrogen and oxygen atoms in total. The number of allylic oxidation sites excluding steroid dienone is 1. The highest BCUT2D eigenvalue weighted by Gasteiger charge is 2.28. The molecule has 0 saturated heterocycles. The van der Waals surface area contributed by atoms with E-state index in [0.29, 0.717) is 16.7 Å². The molecule has 144 valence electrons. The first-order chi connectivity index (χ1) is 14.0. The number of ketones is 1. The third-order valence-electron chi connectivity index (χ3n) is 4.20. The lowest BCUT2D eigenvalue weighted by Gasteiger charge is -2.04. The van der Waals surface area contributed by atoms with E-state index >= 15 is 0 Å².